The number of ether oxygens (including phenoxy) is 9. The summed E-state index contributed by atoms with van der Waals surface area (Å²) in [4.78, 5) is 0. The van der Waals surface area contributed by atoms with Crippen LogP contribution in [0.25, 0.3) is 0 Å². The van der Waals surface area contributed by atoms with Crippen molar-refractivity contribution in [1.29, 1.82) is 0 Å². The highest BCUT2D eigenvalue weighted by atomic mass is 16.5. The number of hydrogen-bond acceptors (Lipinski definition) is 9. The average Bonchev–Trinajstić information content (AvgIpc) is 1.30. The van der Waals surface area contributed by atoms with Crippen molar-refractivity contribution < 1.29 is 42.6 Å². The first-order valence-corrected chi connectivity index (χ1v) is 39.6. The van der Waals surface area contributed by atoms with E-state index in [2.05, 4.69) is 270 Å². The maximum atomic E-state index is 6.87. The lowest BCUT2D eigenvalue weighted by molar-refractivity contribution is 0.266. The van der Waals surface area contributed by atoms with E-state index in [1.54, 1.807) is 0 Å². The van der Waals surface area contributed by atoms with Crippen LogP contribution in [-0.2, 0) is 59.5 Å². The van der Waals surface area contributed by atoms with Gasteiger partial charge in [-0.3, -0.25) is 0 Å². The zero-order chi connectivity index (χ0) is 77.0. The Morgan fingerprint density at radius 3 is 0.380 bits per heavy atom. The van der Waals surface area contributed by atoms with Crippen molar-refractivity contribution in [1.82, 2.24) is 0 Å². The predicted octanol–water partition coefficient (Wildman–Crippen LogP) is 26.5. The molecule has 0 saturated heterocycles. The van der Waals surface area contributed by atoms with Gasteiger partial charge in [-0.1, -0.05) is 270 Å². The fraction of sp³-hybridized carbons (Fsp3) is 0.394. The standard InChI is InChI=1S/C99H120O9/c1-64(2)70(13)85-31-19-76(20-32-85)55-100-91-43-82(44-92(49-91)101-56-77-21-33-86(34-22-77)71(14)65(3)4)61-106-97-52-98(107-62-83-45-93(102-57-78-23-35-87(36-24-78)72(15)66(5)6)50-94(46-83)103-58-79-25-37-88(38-26-79)73(16)67(7)8)54-99(53-97)108-63-84-47-95(104-59-80-27-39-89(40-28-80)74(17)68(9)10)51-96(48-84)105-60-81-29-41-90(42-30-81)75(18)69(11)12/h19-54,64-75H,55-63H2,1-18H3. The van der Waals surface area contributed by atoms with Crippen molar-refractivity contribution in [2.75, 3.05) is 0 Å². The van der Waals surface area contributed by atoms with Gasteiger partial charge < -0.3 is 42.6 Å². The lowest BCUT2D eigenvalue weighted by Crippen LogP contribution is -2.05. The maximum Gasteiger partial charge on any atom is 0.127 e. The Balaban J connectivity index is 0.956. The molecule has 0 aliphatic heterocycles. The van der Waals surface area contributed by atoms with E-state index in [0.717, 1.165) is 50.1 Å². The van der Waals surface area contributed by atoms with Gasteiger partial charge in [-0.25, -0.2) is 0 Å². The fourth-order valence-corrected chi connectivity index (χ4v) is 12.8. The molecule has 0 spiro atoms. The molecule has 10 rings (SSSR count). The highest BCUT2D eigenvalue weighted by molar-refractivity contribution is 5.46. The van der Waals surface area contributed by atoms with Gasteiger partial charge in [0.2, 0.25) is 0 Å². The van der Waals surface area contributed by atoms with E-state index in [4.69, 9.17) is 42.6 Å². The second kappa shape index (κ2) is 39.0. The summed E-state index contributed by atoms with van der Waals surface area (Å²) in [6, 6.07) is 76.4. The molecule has 0 amide bonds. The first kappa shape index (κ1) is 80.9. The van der Waals surface area contributed by atoms with Crippen molar-refractivity contribution >= 4 is 0 Å². The first-order chi connectivity index (χ1) is 51.8. The van der Waals surface area contributed by atoms with E-state index in [-0.39, 0.29) is 19.8 Å². The first-order valence-electron chi connectivity index (χ1n) is 39.6. The van der Waals surface area contributed by atoms with E-state index in [1.807, 2.05) is 72.8 Å². The summed E-state index contributed by atoms with van der Waals surface area (Å²) in [5.41, 5.74) is 16.9. The van der Waals surface area contributed by atoms with Crippen LogP contribution in [0.15, 0.2) is 218 Å². The van der Waals surface area contributed by atoms with E-state index >= 15 is 0 Å². The Hall–Kier alpha value is -9.60. The molecule has 0 aromatic heterocycles. The second-order valence-corrected chi connectivity index (χ2v) is 32.3. The summed E-state index contributed by atoms with van der Waals surface area (Å²) in [5, 5.41) is 0. The summed E-state index contributed by atoms with van der Waals surface area (Å²) >= 11 is 0. The van der Waals surface area contributed by atoms with Crippen LogP contribution in [0, 0.1) is 35.5 Å². The molecule has 0 N–H and O–H groups in total. The SMILES string of the molecule is CC(C)C(C)c1ccc(COc2cc(COc3cc(OCc4cc(OCc5ccc(C(C)C(C)C)cc5)cc(OCc5ccc(C(C)C(C)C)cc5)c4)cc(OCc4cc(OCc5ccc(C(C)C(C)C)cc5)cc(OCc5ccc(C(C)C(C)C)cc5)c4)c3)cc(OCc3ccc(C(C)C(C)C)cc3)c2)cc1. The molecule has 6 unspecified atom stereocenters. The molecule has 0 aliphatic rings. The minimum absolute atomic E-state index is 0.179. The van der Waals surface area contributed by atoms with Crippen LogP contribution in [0.5, 0.6) is 51.7 Å². The summed E-state index contributed by atoms with van der Waals surface area (Å²) in [7, 11) is 0. The van der Waals surface area contributed by atoms with E-state index in [1.165, 1.54) is 33.4 Å². The third kappa shape index (κ3) is 23.9. The second-order valence-electron chi connectivity index (χ2n) is 32.3. The van der Waals surface area contributed by atoms with Gasteiger partial charge in [0.15, 0.2) is 0 Å². The van der Waals surface area contributed by atoms with Gasteiger partial charge in [0.1, 0.15) is 111 Å². The molecule has 570 valence electrons. The summed E-state index contributed by atoms with van der Waals surface area (Å²) in [6.45, 7) is 43.7. The molecule has 0 radical (unpaired) electrons. The average molecular weight is 1450 g/mol. The van der Waals surface area contributed by atoms with Crippen LogP contribution >= 0.6 is 0 Å². The van der Waals surface area contributed by atoms with Gasteiger partial charge in [0.05, 0.1) is 0 Å². The fourth-order valence-electron chi connectivity index (χ4n) is 12.8. The summed E-state index contributed by atoms with van der Waals surface area (Å²) in [6.07, 6.45) is 0. The number of hydrogen-bond donors (Lipinski definition) is 0. The predicted molar refractivity (Wildman–Crippen MR) is 443 cm³/mol. The Morgan fingerprint density at radius 2 is 0.259 bits per heavy atom. The Morgan fingerprint density at radius 1 is 0.148 bits per heavy atom. The molecule has 0 heterocycles. The summed E-state index contributed by atoms with van der Waals surface area (Å²) < 4.78 is 60.4. The quantitative estimate of drug-likeness (QED) is 0.0374. The Bertz CT molecular complexity index is 3680. The molecule has 0 aliphatic carbocycles. The van der Waals surface area contributed by atoms with Gasteiger partial charge in [-0.2, -0.15) is 0 Å². The molecule has 9 nitrogen and oxygen atoms in total. The maximum absolute atomic E-state index is 6.87. The van der Waals surface area contributed by atoms with Crippen molar-refractivity contribution in [2.45, 2.75) is 220 Å². The zero-order valence-electron chi connectivity index (χ0n) is 67.8. The van der Waals surface area contributed by atoms with E-state index < -0.39 is 0 Å². The van der Waals surface area contributed by atoms with Crippen LogP contribution in [0.4, 0.5) is 0 Å². The summed E-state index contributed by atoms with van der Waals surface area (Å²) in [5.74, 6) is 11.6. The number of benzene rings is 10. The minimum Gasteiger partial charge on any atom is -0.489 e. The van der Waals surface area contributed by atoms with Crippen molar-refractivity contribution in [2.24, 2.45) is 35.5 Å². The molecule has 10 aromatic rings. The zero-order valence-corrected chi connectivity index (χ0v) is 67.8. The third-order valence-electron chi connectivity index (χ3n) is 22.4. The number of rotatable bonds is 39. The minimum atomic E-state index is 0.179. The highest BCUT2D eigenvalue weighted by Crippen LogP contribution is 2.37. The van der Waals surface area contributed by atoms with Crippen LogP contribution in [0.1, 0.15) is 244 Å². The molecule has 0 fully saturated rings. The van der Waals surface area contributed by atoms with E-state index in [0.29, 0.717) is 162 Å². The largest absolute Gasteiger partial charge is 0.489 e. The molecule has 9 heteroatoms. The van der Waals surface area contributed by atoms with Gasteiger partial charge in [-0.15, -0.1) is 0 Å². The lowest BCUT2D eigenvalue weighted by atomic mass is 9.90. The molecule has 10 aromatic carbocycles. The molecule has 0 bridgehead atoms. The van der Waals surface area contributed by atoms with Crippen molar-refractivity contribution in [3.63, 3.8) is 0 Å². The molecular weight excluding hydrogens is 1330 g/mol. The van der Waals surface area contributed by atoms with Gasteiger partial charge in [-0.05, 0) is 191 Å². The van der Waals surface area contributed by atoms with Gasteiger partial charge in [0, 0.05) is 36.4 Å². The molecule has 0 saturated carbocycles. The molecule has 6 atom stereocenters. The molecule has 108 heavy (non-hydrogen) atoms. The monoisotopic (exact) mass is 1450 g/mol. The lowest BCUT2D eigenvalue weighted by Gasteiger charge is -2.18. The van der Waals surface area contributed by atoms with Crippen LogP contribution in [0.2, 0.25) is 0 Å². The topological polar surface area (TPSA) is 83.1 Å². The molecular formula is C99H120O9. The van der Waals surface area contributed by atoms with Crippen LogP contribution in [0.3, 0.4) is 0 Å². The Kier molecular flexibility index (Phi) is 29.2. The van der Waals surface area contributed by atoms with Gasteiger partial charge in [0.25, 0.3) is 0 Å². The van der Waals surface area contributed by atoms with Crippen molar-refractivity contribution in [3.05, 3.63) is 302 Å². The van der Waals surface area contributed by atoms with Crippen LogP contribution in [-0.4, -0.2) is 0 Å². The Labute approximate surface area is 647 Å². The normalized spacial score (nSPS) is 13.3. The van der Waals surface area contributed by atoms with Gasteiger partial charge >= 0.3 is 0 Å². The van der Waals surface area contributed by atoms with Crippen molar-refractivity contribution in [3.8, 4) is 51.7 Å². The highest BCUT2D eigenvalue weighted by Gasteiger charge is 2.19. The smallest absolute Gasteiger partial charge is 0.127 e. The van der Waals surface area contributed by atoms with E-state index in [9.17, 15) is 0 Å². The van der Waals surface area contributed by atoms with Crippen LogP contribution < -0.4 is 42.6 Å². The third-order valence-corrected chi connectivity index (χ3v) is 22.4.